The summed E-state index contributed by atoms with van der Waals surface area (Å²) in [6.07, 6.45) is 0. The van der Waals surface area contributed by atoms with Gasteiger partial charge in [0.2, 0.25) is 5.13 Å². The Morgan fingerprint density at radius 2 is 1.64 bits per heavy atom. The highest BCUT2D eigenvalue weighted by atomic mass is 35.5. The van der Waals surface area contributed by atoms with E-state index in [2.05, 4.69) is 25.2 Å². The Morgan fingerprint density at radius 1 is 0.917 bits per heavy atom. The lowest BCUT2D eigenvalue weighted by Gasteiger charge is -2.05. The Morgan fingerprint density at radius 3 is 2.39 bits per heavy atom. The average Bonchev–Trinajstić information content (AvgIpc) is 3.35. The second-order valence-corrected chi connectivity index (χ2v) is 10.1. The van der Waals surface area contributed by atoms with Crippen LogP contribution in [0.3, 0.4) is 0 Å². The number of pyridine rings is 1. The van der Waals surface area contributed by atoms with Crippen LogP contribution in [0.25, 0.3) is 22.2 Å². The third kappa shape index (κ3) is 5.37. The van der Waals surface area contributed by atoms with Crippen LogP contribution in [0.5, 0.6) is 0 Å². The van der Waals surface area contributed by atoms with Gasteiger partial charge >= 0.3 is 0 Å². The molecule has 5 rings (SSSR count). The van der Waals surface area contributed by atoms with Crippen molar-refractivity contribution in [1.82, 2.24) is 9.97 Å². The smallest absolute Gasteiger partial charge is 0.282 e. The van der Waals surface area contributed by atoms with Gasteiger partial charge in [-0.15, -0.1) is 21.6 Å². The lowest BCUT2D eigenvalue weighted by molar-refractivity contribution is 0.483. The molecule has 178 valence electrons. The van der Waals surface area contributed by atoms with Crippen molar-refractivity contribution in [2.24, 2.45) is 15.2 Å². The molecular formula is C25H16ClN5O3S2. The number of amidine groups is 1. The zero-order valence-electron chi connectivity index (χ0n) is 18.4. The number of nitrogens with zero attached hydrogens (tertiary/aromatic N) is 5. The van der Waals surface area contributed by atoms with Gasteiger partial charge in [-0.25, -0.2) is 9.97 Å². The van der Waals surface area contributed by atoms with Gasteiger partial charge in [0.1, 0.15) is 5.15 Å². The molecule has 1 N–H and O–H groups in total. The molecule has 0 saturated heterocycles. The van der Waals surface area contributed by atoms with Crippen molar-refractivity contribution in [3.05, 3.63) is 101 Å². The van der Waals surface area contributed by atoms with Crippen molar-refractivity contribution in [1.29, 1.82) is 0 Å². The minimum Gasteiger partial charge on any atom is -0.282 e. The van der Waals surface area contributed by atoms with E-state index in [4.69, 9.17) is 11.6 Å². The van der Waals surface area contributed by atoms with Gasteiger partial charge in [-0.3, -0.25) is 4.55 Å². The Kier molecular flexibility index (Phi) is 6.66. The number of rotatable bonds is 5. The molecule has 0 aliphatic carbocycles. The van der Waals surface area contributed by atoms with Crippen LogP contribution in [-0.2, 0) is 10.1 Å². The monoisotopic (exact) mass is 533 g/mol. The van der Waals surface area contributed by atoms with Crippen LogP contribution in [0, 0.1) is 0 Å². The number of azo groups is 1. The normalized spacial score (nSPS) is 12.4. The number of hydrogen-bond acceptors (Lipinski definition) is 7. The van der Waals surface area contributed by atoms with Crippen LogP contribution in [0.4, 0.5) is 10.8 Å². The van der Waals surface area contributed by atoms with Gasteiger partial charge in [0.25, 0.3) is 10.1 Å². The van der Waals surface area contributed by atoms with Crippen molar-refractivity contribution in [3.63, 3.8) is 0 Å². The molecule has 5 aromatic rings. The fourth-order valence-corrected chi connectivity index (χ4v) is 4.73. The third-order valence-electron chi connectivity index (χ3n) is 5.08. The highest BCUT2D eigenvalue weighted by Crippen LogP contribution is 2.29. The first-order chi connectivity index (χ1) is 17.4. The summed E-state index contributed by atoms with van der Waals surface area (Å²) in [4.78, 5) is 13.4. The maximum absolute atomic E-state index is 11.3. The third-order valence-corrected chi connectivity index (χ3v) is 6.97. The summed E-state index contributed by atoms with van der Waals surface area (Å²) in [7, 11) is -4.31. The van der Waals surface area contributed by atoms with E-state index >= 15 is 0 Å². The van der Waals surface area contributed by atoms with Crippen LogP contribution in [0.15, 0.2) is 110 Å². The SMILES string of the molecule is O=S(=O)(O)c1ccc(N=NC(=Nc2nc(-c3ccccc3)cs2)c2cc3ccccc3nc2Cl)cc1. The van der Waals surface area contributed by atoms with Gasteiger partial charge < -0.3 is 0 Å². The van der Waals surface area contributed by atoms with Gasteiger partial charge in [-0.2, -0.15) is 13.4 Å². The van der Waals surface area contributed by atoms with E-state index in [-0.39, 0.29) is 15.9 Å². The van der Waals surface area contributed by atoms with Crippen molar-refractivity contribution in [2.75, 3.05) is 0 Å². The maximum Gasteiger partial charge on any atom is 0.294 e. The van der Waals surface area contributed by atoms with Gasteiger partial charge in [-0.05, 0) is 36.4 Å². The van der Waals surface area contributed by atoms with E-state index in [0.717, 1.165) is 22.2 Å². The summed E-state index contributed by atoms with van der Waals surface area (Å²) in [5.74, 6) is 0.186. The van der Waals surface area contributed by atoms with Crippen LogP contribution < -0.4 is 0 Å². The molecule has 0 fully saturated rings. The second-order valence-electron chi connectivity index (χ2n) is 7.51. The van der Waals surface area contributed by atoms with Crippen LogP contribution >= 0.6 is 22.9 Å². The number of hydrogen-bond donors (Lipinski definition) is 1. The minimum atomic E-state index is -4.31. The molecule has 0 unspecified atom stereocenters. The molecule has 11 heteroatoms. The molecule has 3 aromatic carbocycles. The van der Waals surface area contributed by atoms with E-state index < -0.39 is 10.1 Å². The molecule has 8 nitrogen and oxygen atoms in total. The van der Waals surface area contributed by atoms with E-state index in [9.17, 15) is 13.0 Å². The van der Waals surface area contributed by atoms with Crippen LogP contribution in [0.2, 0.25) is 5.15 Å². The van der Waals surface area contributed by atoms with Gasteiger partial charge in [-0.1, -0.05) is 60.1 Å². The minimum absolute atomic E-state index is 0.186. The largest absolute Gasteiger partial charge is 0.294 e. The molecule has 0 radical (unpaired) electrons. The maximum atomic E-state index is 11.3. The fraction of sp³-hybridized carbons (Fsp3) is 0. The summed E-state index contributed by atoms with van der Waals surface area (Å²) in [5, 5.41) is 11.9. The standard InChI is InChI=1S/C25H16ClN5O3S2/c26-23-20(14-17-8-4-5-9-21(17)27-23)24(31-30-18-10-12-19(13-11-18)36(32,33)34)29-25-28-22(15-35-25)16-6-2-1-3-7-16/h1-15H,(H,32,33,34). The molecular weight excluding hydrogens is 518 g/mol. The van der Waals surface area contributed by atoms with Gasteiger partial charge in [0.15, 0.2) is 5.84 Å². The van der Waals surface area contributed by atoms with Gasteiger partial charge in [0.05, 0.1) is 27.4 Å². The molecule has 0 spiro atoms. The molecule has 36 heavy (non-hydrogen) atoms. The number of benzene rings is 3. The summed E-state index contributed by atoms with van der Waals surface area (Å²) >= 11 is 7.86. The van der Waals surface area contributed by atoms with Crippen LogP contribution in [-0.4, -0.2) is 28.8 Å². The van der Waals surface area contributed by atoms with E-state index in [1.54, 1.807) is 0 Å². The van der Waals surface area contributed by atoms with E-state index in [1.165, 1.54) is 35.6 Å². The summed E-state index contributed by atoms with van der Waals surface area (Å²) in [6.45, 7) is 0. The molecule has 0 amide bonds. The number of thiazole rings is 1. The molecule has 0 bridgehead atoms. The van der Waals surface area contributed by atoms with Crippen molar-refractivity contribution >= 4 is 60.6 Å². The lowest BCUT2D eigenvalue weighted by atomic mass is 10.1. The first kappa shape index (κ1) is 23.9. The fourth-order valence-electron chi connectivity index (χ4n) is 3.32. The predicted octanol–water partition coefficient (Wildman–Crippen LogP) is 7.12. The number of aliphatic imine (C=N–C) groups is 1. The number of para-hydroxylation sites is 1. The summed E-state index contributed by atoms with van der Waals surface area (Å²) < 4.78 is 31.8. The zero-order valence-corrected chi connectivity index (χ0v) is 20.7. The quantitative estimate of drug-likeness (QED) is 0.0848. The van der Waals surface area contributed by atoms with Gasteiger partial charge in [0, 0.05) is 16.3 Å². The predicted molar refractivity (Wildman–Crippen MR) is 141 cm³/mol. The highest BCUT2D eigenvalue weighted by molar-refractivity contribution is 7.85. The van der Waals surface area contributed by atoms with Crippen molar-refractivity contribution < 1.29 is 13.0 Å². The highest BCUT2D eigenvalue weighted by Gasteiger charge is 2.14. The number of halogens is 1. The van der Waals surface area contributed by atoms with E-state index in [1.807, 2.05) is 66.0 Å². The molecule has 2 aromatic heterocycles. The average molecular weight is 534 g/mol. The summed E-state index contributed by atoms with van der Waals surface area (Å²) in [6, 6.07) is 24.4. The second kappa shape index (κ2) is 10.0. The Labute approximate surface area is 215 Å². The molecule has 0 aliphatic heterocycles. The molecule has 2 heterocycles. The van der Waals surface area contributed by atoms with Crippen LogP contribution in [0.1, 0.15) is 5.56 Å². The summed E-state index contributed by atoms with van der Waals surface area (Å²) in [5.41, 5.74) is 3.28. The number of aromatic nitrogens is 2. The lowest BCUT2D eigenvalue weighted by Crippen LogP contribution is -2.00. The first-order valence-corrected chi connectivity index (χ1v) is 13.2. The van der Waals surface area contributed by atoms with Crippen molar-refractivity contribution in [2.45, 2.75) is 4.90 Å². The Hall–Kier alpha value is -3.83. The zero-order chi connectivity index (χ0) is 25.1. The van der Waals surface area contributed by atoms with E-state index in [0.29, 0.717) is 16.4 Å². The molecule has 0 atom stereocenters. The Balaban J connectivity index is 1.57. The topological polar surface area (TPSA) is 117 Å². The Bertz CT molecular complexity index is 1720. The first-order valence-electron chi connectivity index (χ1n) is 10.5. The van der Waals surface area contributed by atoms with Crippen molar-refractivity contribution in [3.8, 4) is 11.3 Å². The molecule has 0 aliphatic rings. The number of fused-ring (bicyclic) bond motifs is 1. The molecule has 0 saturated carbocycles.